The standard InChI is InChI=1S/C10H18O3/c1-10(2,3)8-6-4-5-7(13-8)9(11)12/h7-8H,4-6H2,1-3H3,(H,11,12). The van der Waals surface area contributed by atoms with Crippen molar-refractivity contribution >= 4 is 5.97 Å². The Hall–Kier alpha value is -0.570. The Bertz CT molecular complexity index is 193. The lowest BCUT2D eigenvalue weighted by molar-refractivity contribution is -0.166. The van der Waals surface area contributed by atoms with Gasteiger partial charge >= 0.3 is 5.97 Å². The molecule has 3 nitrogen and oxygen atoms in total. The van der Waals surface area contributed by atoms with Gasteiger partial charge in [0.2, 0.25) is 0 Å². The second-order valence-electron chi connectivity index (χ2n) is 4.75. The summed E-state index contributed by atoms with van der Waals surface area (Å²) in [6.45, 7) is 6.26. The van der Waals surface area contributed by atoms with E-state index in [0.29, 0.717) is 6.42 Å². The predicted octanol–water partition coefficient (Wildman–Crippen LogP) is 2.05. The number of rotatable bonds is 1. The molecule has 1 aliphatic heterocycles. The topological polar surface area (TPSA) is 46.5 Å². The number of carboxylic acids is 1. The predicted molar refractivity (Wildman–Crippen MR) is 49.6 cm³/mol. The van der Waals surface area contributed by atoms with Gasteiger partial charge in [-0.05, 0) is 24.7 Å². The highest BCUT2D eigenvalue weighted by Crippen LogP contribution is 2.31. The lowest BCUT2D eigenvalue weighted by Crippen LogP contribution is -2.40. The highest BCUT2D eigenvalue weighted by Gasteiger charge is 2.34. The molecule has 0 aromatic carbocycles. The number of ether oxygens (including phenoxy) is 1. The van der Waals surface area contributed by atoms with Crippen molar-refractivity contribution in [3.8, 4) is 0 Å². The average molecular weight is 186 g/mol. The molecule has 76 valence electrons. The maximum absolute atomic E-state index is 10.7. The molecule has 2 unspecified atom stereocenters. The first kappa shape index (κ1) is 10.5. The Morgan fingerprint density at radius 3 is 2.46 bits per heavy atom. The second kappa shape index (κ2) is 3.66. The minimum Gasteiger partial charge on any atom is -0.479 e. The molecule has 1 fully saturated rings. The summed E-state index contributed by atoms with van der Waals surface area (Å²) in [5.74, 6) is -0.825. The number of carboxylic acid groups (broad SMARTS) is 1. The molecule has 0 aromatic heterocycles. The molecule has 1 rings (SSSR count). The quantitative estimate of drug-likeness (QED) is 0.681. The minimum atomic E-state index is -0.825. The van der Waals surface area contributed by atoms with Gasteiger partial charge in [-0.3, -0.25) is 0 Å². The molecular weight excluding hydrogens is 168 g/mol. The summed E-state index contributed by atoms with van der Waals surface area (Å²) in [5.41, 5.74) is 0.0497. The van der Waals surface area contributed by atoms with Crippen LogP contribution in [0.4, 0.5) is 0 Å². The number of hydrogen-bond acceptors (Lipinski definition) is 2. The van der Waals surface area contributed by atoms with Crippen molar-refractivity contribution in [3.63, 3.8) is 0 Å². The third-order valence-corrected chi connectivity index (χ3v) is 2.50. The highest BCUT2D eigenvalue weighted by atomic mass is 16.5. The summed E-state index contributed by atoms with van der Waals surface area (Å²) in [6.07, 6.45) is 2.09. The molecule has 1 heterocycles. The summed E-state index contributed by atoms with van der Waals surface area (Å²) in [6, 6.07) is 0. The molecule has 1 saturated heterocycles. The van der Waals surface area contributed by atoms with E-state index in [2.05, 4.69) is 20.8 Å². The van der Waals surface area contributed by atoms with Gasteiger partial charge in [-0.2, -0.15) is 0 Å². The van der Waals surface area contributed by atoms with Crippen molar-refractivity contribution in [2.75, 3.05) is 0 Å². The Balaban J connectivity index is 2.57. The third kappa shape index (κ3) is 2.69. The van der Waals surface area contributed by atoms with Crippen LogP contribution in [0.25, 0.3) is 0 Å². The van der Waals surface area contributed by atoms with Gasteiger partial charge in [-0.1, -0.05) is 20.8 Å². The summed E-state index contributed by atoms with van der Waals surface area (Å²) in [7, 11) is 0. The van der Waals surface area contributed by atoms with Crippen molar-refractivity contribution in [3.05, 3.63) is 0 Å². The summed E-state index contributed by atoms with van der Waals surface area (Å²) >= 11 is 0. The maximum atomic E-state index is 10.7. The smallest absolute Gasteiger partial charge is 0.332 e. The molecule has 0 spiro atoms. The van der Waals surface area contributed by atoms with E-state index in [0.717, 1.165) is 12.8 Å². The van der Waals surface area contributed by atoms with Crippen LogP contribution in [0.2, 0.25) is 0 Å². The largest absolute Gasteiger partial charge is 0.479 e. The normalized spacial score (nSPS) is 30.1. The minimum absolute atomic E-state index is 0.0497. The van der Waals surface area contributed by atoms with Crippen LogP contribution >= 0.6 is 0 Å². The molecule has 0 bridgehead atoms. The van der Waals surface area contributed by atoms with Crippen LogP contribution in [0.1, 0.15) is 40.0 Å². The maximum Gasteiger partial charge on any atom is 0.332 e. The summed E-state index contributed by atoms with van der Waals surface area (Å²) in [5, 5.41) is 8.80. The fourth-order valence-corrected chi connectivity index (χ4v) is 1.64. The molecule has 1 N–H and O–H groups in total. The Morgan fingerprint density at radius 2 is 2.00 bits per heavy atom. The van der Waals surface area contributed by atoms with Crippen LogP contribution in [0.15, 0.2) is 0 Å². The van der Waals surface area contributed by atoms with Crippen molar-refractivity contribution in [2.24, 2.45) is 5.41 Å². The average Bonchev–Trinajstić information content (AvgIpc) is 2.03. The molecule has 0 saturated carbocycles. The molecule has 13 heavy (non-hydrogen) atoms. The first-order valence-electron chi connectivity index (χ1n) is 4.79. The SMILES string of the molecule is CC(C)(C)C1CCCC(C(=O)O)O1. The lowest BCUT2D eigenvalue weighted by atomic mass is 9.84. The van der Waals surface area contributed by atoms with E-state index in [1.54, 1.807) is 0 Å². The summed E-state index contributed by atoms with van der Waals surface area (Å²) < 4.78 is 5.51. The molecule has 3 heteroatoms. The van der Waals surface area contributed by atoms with Crippen LogP contribution in [0.5, 0.6) is 0 Å². The van der Waals surface area contributed by atoms with Gasteiger partial charge in [0.05, 0.1) is 6.10 Å². The van der Waals surface area contributed by atoms with Crippen molar-refractivity contribution in [1.29, 1.82) is 0 Å². The number of aliphatic carboxylic acids is 1. The van der Waals surface area contributed by atoms with Crippen LogP contribution in [-0.4, -0.2) is 23.3 Å². The van der Waals surface area contributed by atoms with E-state index in [1.165, 1.54) is 0 Å². The Kier molecular flexibility index (Phi) is 2.96. The van der Waals surface area contributed by atoms with Crippen LogP contribution in [0, 0.1) is 5.41 Å². The van der Waals surface area contributed by atoms with E-state index < -0.39 is 12.1 Å². The van der Waals surface area contributed by atoms with E-state index in [-0.39, 0.29) is 11.5 Å². The fourth-order valence-electron chi connectivity index (χ4n) is 1.64. The van der Waals surface area contributed by atoms with Gasteiger partial charge in [-0.25, -0.2) is 4.79 Å². The van der Waals surface area contributed by atoms with E-state index in [1.807, 2.05) is 0 Å². The highest BCUT2D eigenvalue weighted by molar-refractivity contribution is 5.72. The first-order chi connectivity index (χ1) is 5.91. The lowest BCUT2D eigenvalue weighted by Gasteiger charge is -2.36. The Labute approximate surface area is 79.1 Å². The molecule has 1 aliphatic rings. The molecule has 0 radical (unpaired) electrons. The van der Waals surface area contributed by atoms with Crippen molar-refractivity contribution in [1.82, 2.24) is 0 Å². The fraction of sp³-hybridized carbons (Fsp3) is 0.900. The van der Waals surface area contributed by atoms with Crippen LogP contribution in [0.3, 0.4) is 0 Å². The van der Waals surface area contributed by atoms with E-state index in [9.17, 15) is 4.79 Å². The van der Waals surface area contributed by atoms with E-state index in [4.69, 9.17) is 9.84 Å². The van der Waals surface area contributed by atoms with Gasteiger partial charge in [0.15, 0.2) is 6.10 Å². The van der Waals surface area contributed by atoms with Crippen LogP contribution in [-0.2, 0) is 9.53 Å². The van der Waals surface area contributed by atoms with Crippen molar-refractivity contribution in [2.45, 2.75) is 52.2 Å². The summed E-state index contributed by atoms with van der Waals surface area (Å²) in [4.78, 5) is 10.7. The van der Waals surface area contributed by atoms with Gasteiger partial charge in [-0.15, -0.1) is 0 Å². The van der Waals surface area contributed by atoms with E-state index >= 15 is 0 Å². The molecule has 2 atom stereocenters. The van der Waals surface area contributed by atoms with Gasteiger partial charge in [0, 0.05) is 0 Å². The number of hydrogen-bond donors (Lipinski definition) is 1. The van der Waals surface area contributed by atoms with Crippen LogP contribution < -0.4 is 0 Å². The Morgan fingerprint density at radius 1 is 1.38 bits per heavy atom. The zero-order chi connectivity index (χ0) is 10.1. The molecular formula is C10H18O3. The third-order valence-electron chi connectivity index (χ3n) is 2.50. The van der Waals surface area contributed by atoms with Gasteiger partial charge < -0.3 is 9.84 Å². The monoisotopic (exact) mass is 186 g/mol. The second-order valence-corrected chi connectivity index (χ2v) is 4.75. The molecule has 0 aliphatic carbocycles. The first-order valence-corrected chi connectivity index (χ1v) is 4.79. The molecule has 0 aromatic rings. The van der Waals surface area contributed by atoms with Crippen molar-refractivity contribution < 1.29 is 14.6 Å². The molecule has 0 amide bonds. The van der Waals surface area contributed by atoms with Gasteiger partial charge in [0.25, 0.3) is 0 Å². The van der Waals surface area contributed by atoms with Gasteiger partial charge in [0.1, 0.15) is 0 Å². The zero-order valence-corrected chi connectivity index (χ0v) is 8.54. The zero-order valence-electron chi connectivity index (χ0n) is 8.54. The number of carbonyl (C=O) groups is 1.